The first-order valence-electron chi connectivity index (χ1n) is 3.70. The van der Waals surface area contributed by atoms with E-state index in [1.165, 1.54) is 12.1 Å². The van der Waals surface area contributed by atoms with Crippen molar-refractivity contribution in [2.24, 2.45) is 0 Å². The Kier molecular flexibility index (Phi) is 2.77. The van der Waals surface area contributed by atoms with E-state index < -0.39 is 23.9 Å². The summed E-state index contributed by atoms with van der Waals surface area (Å²) in [7, 11) is 0. The van der Waals surface area contributed by atoms with Gasteiger partial charge in [0.25, 0.3) is 0 Å². The first-order chi connectivity index (χ1) is 6.50. The number of nitriles is 1. The van der Waals surface area contributed by atoms with Crippen LogP contribution < -0.4 is 0 Å². The molecule has 1 aromatic carbocycles. The molecule has 1 aromatic rings. The van der Waals surface area contributed by atoms with Crippen molar-refractivity contribution in [2.75, 3.05) is 0 Å². The molecule has 0 aromatic heterocycles. The fraction of sp³-hybridized carbons (Fsp3) is 0.222. The van der Waals surface area contributed by atoms with Crippen LogP contribution in [0.25, 0.3) is 0 Å². The van der Waals surface area contributed by atoms with E-state index in [9.17, 15) is 13.2 Å². The van der Waals surface area contributed by atoms with Crippen LogP contribution in [0.3, 0.4) is 0 Å². The topological polar surface area (TPSA) is 44.0 Å². The van der Waals surface area contributed by atoms with Gasteiger partial charge in [-0.05, 0) is 11.6 Å². The smallest absolute Gasteiger partial charge is 0.392 e. The average molecular weight is 201 g/mol. The standard InChI is InChI=1S/C9H6F3NO/c10-9(11,12)8-6(4-13)2-1-3-7(8)5-14/h1-3,14H,5H2. The molecule has 0 atom stereocenters. The van der Waals surface area contributed by atoms with E-state index in [2.05, 4.69) is 0 Å². The molecular formula is C9H6F3NO. The Balaban J connectivity index is 3.44. The number of aliphatic hydroxyl groups excluding tert-OH is 1. The van der Waals surface area contributed by atoms with Crippen molar-refractivity contribution in [2.45, 2.75) is 12.8 Å². The number of aliphatic hydroxyl groups is 1. The third-order valence-electron chi connectivity index (χ3n) is 1.73. The fourth-order valence-electron chi connectivity index (χ4n) is 1.16. The molecule has 2 nitrogen and oxygen atoms in total. The second-order valence-electron chi connectivity index (χ2n) is 2.61. The van der Waals surface area contributed by atoms with Gasteiger partial charge in [0, 0.05) is 0 Å². The van der Waals surface area contributed by atoms with Crippen LogP contribution in [-0.4, -0.2) is 5.11 Å². The summed E-state index contributed by atoms with van der Waals surface area (Å²) in [5.74, 6) is 0. The van der Waals surface area contributed by atoms with Crippen molar-refractivity contribution < 1.29 is 18.3 Å². The van der Waals surface area contributed by atoms with E-state index >= 15 is 0 Å². The highest BCUT2D eigenvalue weighted by Gasteiger charge is 2.35. The molecule has 0 amide bonds. The number of rotatable bonds is 1. The predicted octanol–water partition coefficient (Wildman–Crippen LogP) is 2.07. The zero-order valence-corrected chi connectivity index (χ0v) is 6.97. The van der Waals surface area contributed by atoms with Crippen LogP contribution in [0.2, 0.25) is 0 Å². The fourth-order valence-corrected chi connectivity index (χ4v) is 1.16. The van der Waals surface area contributed by atoms with Crippen LogP contribution in [0.1, 0.15) is 16.7 Å². The summed E-state index contributed by atoms with van der Waals surface area (Å²) >= 11 is 0. The summed E-state index contributed by atoms with van der Waals surface area (Å²) < 4.78 is 37.3. The molecule has 14 heavy (non-hydrogen) atoms. The molecule has 0 saturated carbocycles. The van der Waals surface area contributed by atoms with E-state index in [4.69, 9.17) is 10.4 Å². The molecule has 5 heteroatoms. The van der Waals surface area contributed by atoms with Crippen molar-refractivity contribution in [1.82, 2.24) is 0 Å². The highest BCUT2D eigenvalue weighted by atomic mass is 19.4. The van der Waals surface area contributed by atoms with Crippen LogP contribution in [0.5, 0.6) is 0 Å². The Labute approximate surface area is 78.2 Å². The van der Waals surface area contributed by atoms with Gasteiger partial charge in [-0.3, -0.25) is 0 Å². The molecule has 0 radical (unpaired) electrons. The summed E-state index contributed by atoms with van der Waals surface area (Å²) in [6, 6.07) is 4.96. The van der Waals surface area contributed by atoms with E-state index in [1.54, 1.807) is 0 Å². The maximum absolute atomic E-state index is 12.4. The average Bonchev–Trinajstić information content (AvgIpc) is 2.15. The molecule has 0 fully saturated rings. The van der Waals surface area contributed by atoms with E-state index in [1.807, 2.05) is 0 Å². The molecular weight excluding hydrogens is 195 g/mol. The lowest BCUT2D eigenvalue weighted by atomic mass is 10.0. The Morgan fingerprint density at radius 2 is 2.00 bits per heavy atom. The number of nitrogens with zero attached hydrogens (tertiary/aromatic N) is 1. The Morgan fingerprint density at radius 3 is 2.43 bits per heavy atom. The third-order valence-corrected chi connectivity index (χ3v) is 1.73. The Morgan fingerprint density at radius 1 is 1.36 bits per heavy atom. The number of benzene rings is 1. The lowest BCUT2D eigenvalue weighted by Crippen LogP contribution is -2.11. The van der Waals surface area contributed by atoms with Crippen LogP contribution >= 0.6 is 0 Å². The molecule has 0 aliphatic carbocycles. The van der Waals surface area contributed by atoms with Crippen molar-refractivity contribution in [1.29, 1.82) is 5.26 Å². The maximum Gasteiger partial charge on any atom is 0.418 e. The molecule has 0 saturated heterocycles. The van der Waals surface area contributed by atoms with Gasteiger partial charge in [0.05, 0.1) is 23.8 Å². The summed E-state index contributed by atoms with van der Waals surface area (Å²) in [5.41, 5.74) is -1.80. The number of alkyl halides is 3. The molecule has 0 bridgehead atoms. The van der Waals surface area contributed by atoms with Gasteiger partial charge in [-0.25, -0.2) is 0 Å². The van der Waals surface area contributed by atoms with Crippen molar-refractivity contribution >= 4 is 0 Å². The summed E-state index contributed by atoms with van der Waals surface area (Å²) in [5, 5.41) is 17.2. The van der Waals surface area contributed by atoms with Crippen molar-refractivity contribution in [3.63, 3.8) is 0 Å². The van der Waals surface area contributed by atoms with Gasteiger partial charge in [0.15, 0.2) is 0 Å². The van der Waals surface area contributed by atoms with E-state index in [0.29, 0.717) is 0 Å². The Bertz CT molecular complexity index is 379. The zero-order valence-electron chi connectivity index (χ0n) is 6.97. The summed E-state index contributed by atoms with van der Waals surface area (Å²) in [6.07, 6.45) is -4.61. The van der Waals surface area contributed by atoms with Crippen LogP contribution in [0, 0.1) is 11.3 Å². The summed E-state index contributed by atoms with van der Waals surface area (Å²) in [4.78, 5) is 0. The zero-order chi connectivity index (χ0) is 10.8. The normalized spacial score (nSPS) is 11.1. The molecule has 0 heterocycles. The van der Waals surface area contributed by atoms with Gasteiger partial charge in [0.1, 0.15) is 0 Å². The molecule has 0 aliphatic heterocycles. The lowest BCUT2D eigenvalue weighted by Gasteiger charge is -2.12. The first kappa shape index (κ1) is 10.5. The number of halogens is 3. The quantitative estimate of drug-likeness (QED) is 0.755. The lowest BCUT2D eigenvalue weighted by molar-refractivity contribution is -0.138. The number of hydrogen-bond donors (Lipinski definition) is 1. The highest BCUT2D eigenvalue weighted by molar-refractivity contribution is 5.44. The molecule has 1 rings (SSSR count). The molecule has 1 N–H and O–H groups in total. The molecule has 0 aliphatic rings. The maximum atomic E-state index is 12.4. The molecule has 0 unspecified atom stereocenters. The Hall–Kier alpha value is -1.54. The van der Waals surface area contributed by atoms with Gasteiger partial charge < -0.3 is 5.11 Å². The minimum absolute atomic E-state index is 0.281. The second-order valence-corrected chi connectivity index (χ2v) is 2.61. The van der Waals surface area contributed by atoms with Crippen LogP contribution in [0.15, 0.2) is 18.2 Å². The third kappa shape index (κ3) is 1.86. The van der Waals surface area contributed by atoms with Crippen LogP contribution in [0.4, 0.5) is 13.2 Å². The minimum atomic E-state index is -4.61. The number of hydrogen-bond acceptors (Lipinski definition) is 2. The van der Waals surface area contributed by atoms with E-state index in [0.717, 1.165) is 12.1 Å². The van der Waals surface area contributed by atoms with Crippen molar-refractivity contribution in [3.8, 4) is 6.07 Å². The van der Waals surface area contributed by atoms with Gasteiger partial charge in [-0.15, -0.1) is 0 Å². The van der Waals surface area contributed by atoms with Gasteiger partial charge in [0.2, 0.25) is 0 Å². The van der Waals surface area contributed by atoms with Gasteiger partial charge in [-0.1, -0.05) is 12.1 Å². The predicted molar refractivity (Wildman–Crippen MR) is 42.1 cm³/mol. The summed E-state index contributed by atoms with van der Waals surface area (Å²) in [6.45, 7) is -0.732. The van der Waals surface area contributed by atoms with Crippen LogP contribution in [-0.2, 0) is 12.8 Å². The van der Waals surface area contributed by atoms with Crippen molar-refractivity contribution in [3.05, 3.63) is 34.9 Å². The van der Waals surface area contributed by atoms with E-state index in [-0.39, 0.29) is 5.56 Å². The first-order valence-corrected chi connectivity index (χ1v) is 3.70. The largest absolute Gasteiger partial charge is 0.418 e. The minimum Gasteiger partial charge on any atom is -0.392 e. The molecule has 74 valence electrons. The molecule has 0 spiro atoms. The highest BCUT2D eigenvalue weighted by Crippen LogP contribution is 2.34. The second kappa shape index (κ2) is 3.68. The van der Waals surface area contributed by atoms with Gasteiger partial charge >= 0.3 is 6.18 Å². The SMILES string of the molecule is N#Cc1cccc(CO)c1C(F)(F)F. The van der Waals surface area contributed by atoms with Gasteiger partial charge in [-0.2, -0.15) is 18.4 Å². The monoisotopic (exact) mass is 201 g/mol.